The molecule has 2 aromatic rings. The van der Waals surface area contributed by atoms with Crippen LogP contribution in [0.5, 0.6) is 17.2 Å². The van der Waals surface area contributed by atoms with Crippen molar-refractivity contribution < 1.29 is 23.4 Å². The number of nitrogens with one attached hydrogen (secondary N) is 1. The van der Waals surface area contributed by atoms with E-state index in [1.165, 1.54) is 19.3 Å². The zero-order valence-electron chi connectivity index (χ0n) is 17.3. The molecule has 1 heterocycles. The van der Waals surface area contributed by atoms with Crippen molar-refractivity contribution in [3.05, 3.63) is 23.6 Å². The summed E-state index contributed by atoms with van der Waals surface area (Å²) in [6.07, 6.45) is 5.67. The number of benzene rings is 1. The summed E-state index contributed by atoms with van der Waals surface area (Å²) in [5.74, 6) is 1.90. The van der Waals surface area contributed by atoms with E-state index >= 15 is 0 Å². The molecule has 1 aliphatic rings. The smallest absolute Gasteiger partial charge is 0.322 e. The van der Waals surface area contributed by atoms with E-state index in [9.17, 15) is 4.79 Å². The third kappa shape index (κ3) is 5.19. The van der Waals surface area contributed by atoms with Crippen molar-refractivity contribution in [1.29, 1.82) is 0 Å². The maximum absolute atomic E-state index is 12.8. The van der Waals surface area contributed by atoms with Gasteiger partial charge in [-0.2, -0.15) is 0 Å². The Bertz CT molecular complexity index is 787. The lowest BCUT2D eigenvalue weighted by Crippen LogP contribution is -2.13. The quantitative estimate of drug-likeness (QED) is 0.655. The topological polar surface area (TPSA) is 95.7 Å². The molecular formula is C21H29N3O5. The first-order valence-electron chi connectivity index (χ1n) is 10.4. The Kier molecular flexibility index (Phi) is 7.32. The molecule has 8 nitrogen and oxygen atoms in total. The van der Waals surface area contributed by atoms with E-state index in [1.54, 1.807) is 12.1 Å². The normalized spacial score (nSPS) is 14.4. The lowest BCUT2D eigenvalue weighted by Gasteiger charge is -2.17. The van der Waals surface area contributed by atoms with Crippen molar-refractivity contribution >= 4 is 11.9 Å². The highest BCUT2D eigenvalue weighted by molar-refractivity contribution is 6.04. The second kappa shape index (κ2) is 10.1. The second-order valence-corrected chi connectivity index (χ2v) is 6.84. The van der Waals surface area contributed by atoms with Crippen molar-refractivity contribution in [2.24, 2.45) is 0 Å². The Morgan fingerprint density at radius 1 is 1.00 bits per heavy atom. The minimum absolute atomic E-state index is 0.0976. The Morgan fingerprint density at radius 2 is 1.62 bits per heavy atom. The van der Waals surface area contributed by atoms with Crippen molar-refractivity contribution in [2.75, 3.05) is 25.1 Å². The minimum atomic E-state index is -0.381. The fraction of sp³-hybridized carbons (Fsp3) is 0.571. The van der Waals surface area contributed by atoms with Crippen molar-refractivity contribution in [1.82, 2.24) is 10.2 Å². The monoisotopic (exact) mass is 403 g/mol. The lowest BCUT2D eigenvalue weighted by atomic mass is 9.89. The summed E-state index contributed by atoms with van der Waals surface area (Å²) < 4.78 is 22.7. The van der Waals surface area contributed by atoms with Crippen LogP contribution in [0.1, 0.15) is 75.0 Å². The summed E-state index contributed by atoms with van der Waals surface area (Å²) in [7, 11) is 0. The van der Waals surface area contributed by atoms with Gasteiger partial charge in [-0.3, -0.25) is 10.1 Å². The summed E-state index contributed by atoms with van der Waals surface area (Å²) in [6, 6.07) is 3.36. The highest BCUT2D eigenvalue weighted by Crippen LogP contribution is 2.39. The number of nitrogens with zero attached hydrogens (tertiary/aromatic N) is 2. The maximum atomic E-state index is 12.8. The SMILES string of the molecule is CCOc1cc(C(=O)Nc2nnc(C3CCCCC3)o2)cc(OCC)c1OCC. The Balaban J connectivity index is 1.80. The molecule has 0 unspecified atom stereocenters. The van der Waals surface area contributed by atoms with Gasteiger partial charge in [-0.05, 0) is 45.7 Å². The standard InChI is InChI=1S/C21H29N3O5/c1-4-26-16-12-15(13-17(27-5-2)18(16)28-6-3)19(25)22-21-24-23-20(29-21)14-10-8-7-9-11-14/h12-14H,4-11H2,1-3H3,(H,22,24,25). The zero-order valence-corrected chi connectivity index (χ0v) is 17.3. The van der Waals surface area contributed by atoms with Gasteiger partial charge >= 0.3 is 6.01 Å². The van der Waals surface area contributed by atoms with Crippen molar-refractivity contribution in [2.45, 2.75) is 58.8 Å². The van der Waals surface area contributed by atoms with Gasteiger partial charge in [-0.25, -0.2) is 0 Å². The van der Waals surface area contributed by atoms with Gasteiger partial charge in [0.2, 0.25) is 11.6 Å². The van der Waals surface area contributed by atoms with Crippen molar-refractivity contribution in [3.63, 3.8) is 0 Å². The van der Waals surface area contributed by atoms with E-state index in [2.05, 4.69) is 15.5 Å². The third-order valence-corrected chi connectivity index (χ3v) is 4.79. The molecule has 0 aliphatic heterocycles. The van der Waals surface area contributed by atoms with Crippen LogP contribution in [0.3, 0.4) is 0 Å². The molecule has 29 heavy (non-hydrogen) atoms. The Morgan fingerprint density at radius 3 is 2.21 bits per heavy atom. The number of hydrogen-bond donors (Lipinski definition) is 1. The van der Waals surface area contributed by atoms with Crippen LogP contribution in [0.15, 0.2) is 16.5 Å². The molecule has 8 heteroatoms. The molecular weight excluding hydrogens is 374 g/mol. The average molecular weight is 403 g/mol. The maximum Gasteiger partial charge on any atom is 0.322 e. The minimum Gasteiger partial charge on any atom is -0.490 e. The van der Waals surface area contributed by atoms with Gasteiger partial charge in [0.15, 0.2) is 11.5 Å². The summed E-state index contributed by atoms with van der Waals surface area (Å²) in [4.78, 5) is 12.8. The van der Waals surface area contributed by atoms with Crippen molar-refractivity contribution in [3.8, 4) is 17.2 Å². The molecule has 1 aliphatic carbocycles. The molecule has 3 rings (SSSR count). The molecule has 0 bridgehead atoms. The van der Waals surface area contributed by atoms with E-state index in [0.29, 0.717) is 48.5 Å². The van der Waals surface area contributed by atoms with Crippen LogP contribution in [-0.4, -0.2) is 35.9 Å². The number of anilines is 1. The fourth-order valence-corrected chi connectivity index (χ4v) is 3.49. The predicted molar refractivity (Wildman–Crippen MR) is 108 cm³/mol. The van der Waals surface area contributed by atoms with Crippen LogP contribution in [0.25, 0.3) is 0 Å². The third-order valence-electron chi connectivity index (χ3n) is 4.79. The molecule has 1 saturated carbocycles. The summed E-state index contributed by atoms with van der Waals surface area (Å²) in [6.45, 7) is 6.95. The molecule has 1 aromatic heterocycles. The van der Waals surface area contributed by atoms with Gasteiger partial charge in [0.05, 0.1) is 19.8 Å². The van der Waals surface area contributed by atoms with Gasteiger partial charge in [0, 0.05) is 11.5 Å². The van der Waals surface area contributed by atoms with Crippen LogP contribution in [0, 0.1) is 0 Å². The first-order valence-corrected chi connectivity index (χ1v) is 10.4. The summed E-state index contributed by atoms with van der Waals surface area (Å²) in [5.41, 5.74) is 0.359. The van der Waals surface area contributed by atoms with E-state index in [1.807, 2.05) is 20.8 Å². The van der Waals surface area contributed by atoms with Gasteiger partial charge in [-0.15, -0.1) is 5.10 Å². The molecule has 0 saturated heterocycles. The van der Waals surface area contributed by atoms with E-state index in [4.69, 9.17) is 18.6 Å². The van der Waals surface area contributed by atoms with Gasteiger partial charge < -0.3 is 18.6 Å². The van der Waals surface area contributed by atoms with Gasteiger partial charge in [0.25, 0.3) is 5.91 Å². The molecule has 1 N–H and O–H groups in total. The number of rotatable bonds is 9. The first kappa shape index (κ1) is 21.0. The van der Waals surface area contributed by atoms with E-state index < -0.39 is 0 Å². The molecule has 0 spiro atoms. The van der Waals surface area contributed by atoms with E-state index in [0.717, 1.165) is 12.8 Å². The van der Waals surface area contributed by atoms with Gasteiger partial charge in [-0.1, -0.05) is 24.4 Å². The van der Waals surface area contributed by atoms with Crippen LogP contribution in [0.2, 0.25) is 0 Å². The summed E-state index contributed by atoms with van der Waals surface area (Å²) in [5, 5.41) is 10.8. The number of hydrogen-bond acceptors (Lipinski definition) is 7. The number of aromatic nitrogens is 2. The van der Waals surface area contributed by atoms with Crippen LogP contribution < -0.4 is 19.5 Å². The number of ether oxygens (including phenoxy) is 3. The molecule has 0 atom stereocenters. The van der Waals surface area contributed by atoms with Gasteiger partial charge in [0.1, 0.15) is 0 Å². The number of amides is 1. The summed E-state index contributed by atoms with van der Waals surface area (Å²) >= 11 is 0. The second-order valence-electron chi connectivity index (χ2n) is 6.84. The average Bonchev–Trinajstić information content (AvgIpc) is 3.19. The highest BCUT2D eigenvalue weighted by Gasteiger charge is 2.23. The number of carbonyl (C=O) groups excluding carboxylic acids is 1. The Labute approximate surface area is 170 Å². The molecule has 1 fully saturated rings. The molecule has 1 aromatic carbocycles. The zero-order chi connectivity index (χ0) is 20.6. The lowest BCUT2D eigenvalue weighted by molar-refractivity contribution is 0.102. The highest BCUT2D eigenvalue weighted by atomic mass is 16.5. The largest absolute Gasteiger partial charge is 0.490 e. The van der Waals surface area contributed by atoms with Crippen LogP contribution in [0.4, 0.5) is 6.01 Å². The molecule has 158 valence electrons. The van der Waals surface area contributed by atoms with Crippen LogP contribution >= 0.6 is 0 Å². The molecule has 1 amide bonds. The van der Waals surface area contributed by atoms with E-state index in [-0.39, 0.29) is 17.8 Å². The fourth-order valence-electron chi connectivity index (χ4n) is 3.49. The Hall–Kier alpha value is -2.77. The predicted octanol–water partition coefficient (Wildman–Crippen LogP) is 4.57. The molecule has 0 radical (unpaired) electrons. The first-order chi connectivity index (χ1) is 14.2. The number of carbonyl (C=O) groups is 1. The van der Waals surface area contributed by atoms with Crippen LogP contribution in [-0.2, 0) is 0 Å².